The van der Waals surface area contributed by atoms with Crippen LogP contribution in [0.25, 0.3) is 0 Å². The first-order valence-electron chi connectivity index (χ1n) is 5.51. The molecule has 1 aromatic rings. The lowest BCUT2D eigenvalue weighted by Gasteiger charge is -2.21. The molecule has 3 heteroatoms. The number of rotatable bonds is 4. The molecule has 0 radical (unpaired) electrons. The zero-order valence-corrected chi connectivity index (χ0v) is 10.0. The van der Waals surface area contributed by atoms with E-state index >= 15 is 0 Å². The van der Waals surface area contributed by atoms with E-state index in [9.17, 15) is 9.18 Å². The van der Waals surface area contributed by atoms with Crippen molar-refractivity contribution in [3.63, 3.8) is 0 Å². The fourth-order valence-electron chi connectivity index (χ4n) is 1.37. The van der Waals surface area contributed by atoms with Gasteiger partial charge in [-0.2, -0.15) is 0 Å². The molecule has 16 heavy (non-hydrogen) atoms. The van der Waals surface area contributed by atoms with Crippen LogP contribution in [-0.4, -0.2) is 23.9 Å². The predicted octanol–water partition coefficient (Wildman–Crippen LogP) is 2.63. The van der Waals surface area contributed by atoms with Crippen LogP contribution in [0.4, 0.5) is 4.39 Å². The fraction of sp³-hybridized carbons (Fsp3) is 0.462. The maximum atomic E-state index is 12.6. The lowest BCUT2D eigenvalue weighted by atomic mass is 10.1. The Morgan fingerprint density at radius 3 is 2.38 bits per heavy atom. The van der Waals surface area contributed by atoms with Crippen LogP contribution < -0.4 is 0 Å². The Morgan fingerprint density at radius 2 is 1.88 bits per heavy atom. The summed E-state index contributed by atoms with van der Waals surface area (Å²) >= 11 is 0. The van der Waals surface area contributed by atoms with Gasteiger partial charge in [-0.15, -0.1) is 0 Å². The smallest absolute Gasteiger partial charge is 0.222 e. The van der Waals surface area contributed by atoms with Gasteiger partial charge < -0.3 is 4.90 Å². The van der Waals surface area contributed by atoms with Crippen LogP contribution in [0.5, 0.6) is 0 Å². The highest BCUT2D eigenvalue weighted by Gasteiger charge is 2.11. The second-order valence-electron chi connectivity index (χ2n) is 4.22. The topological polar surface area (TPSA) is 20.3 Å². The van der Waals surface area contributed by atoms with E-state index in [1.807, 2.05) is 13.8 Å². The van der Waals surface area contributed by atoms with Crippen molar-refractivity contribution in [1.82, 2.24) is 4.90 Å². The minimum Gasteiger partial charge on any atom is -0.343 e. The maximum Gasteiger partial charge on any atom is 0.222 e. The summed E-state index contributed by atoms with van der Waals surface area (Å²) in [5.74, 6) is -0.117. The number of amides is 1. The van der Waals surface area contributed by atoms with E-state index in [0.717, 1.165) is 5.56 Å². The van der Waals surface area contributed by atoms with Crippen molar-refractivity contribution in [2.75, 3.05) is 7.05 Å². The van der Waals surface area contributed by atoms with Crippen LogP contribution in [-0.2, 0) is 11.2 Å². The van der Waals surface area contributed by atoms with Gasteiger partial charge >= 0.3 is 0 Å². The van der Waals surface area contributed by atoms with Gasteiger partial charge in [-0.05, 0) is 38.0 Å². The Kier molecular flexibility index (Phi) is 4.47. The minimum atomic E-state index is -0.241. The lowest BCUT2D eigenvalue weighted by molar-refractivity contribution is -0.131. The molecule has 1 aromatic carbocycles. The van der Waals surface area contributed by atoms with Gasteiger partial charge in [0.1, 0.15) is 5.82 Å². The van der Waals surface area contributed by atoms with E-state index in [1.165, 1.54) is 12.1 Å². The van der Waals surface area contributed by atoms with E-state index in [-0.39, 0.29) is 17.8 Å². The monoisotopic (exact) mass is 223 g/mol. The third-order valence-electron chi connectivity index (χ3n) is 2.71. The van der Waals surface area contributed by atoms with Crippen LogP contribution in [0.3, 0.4) is 0 Å². The van der Waals surface area contributed by atoms with Gasteiger partial charge in [-0.25, -0.2) is 4.39 Å². The van der Waals surface area contributed by atoms with Gasteiger partial charge in [0.15, 0.2) is 0 Å². The summed E-state index contributed by atoms with van der Waals surface area (Å²) in [4.78, 5) is 13.4. The van der Waals surface area contributed by atoms with Gasteiger partial charge in [0.2, 0.25) is 5.91 Å². The number of carbonyl (C=O) groups excluding carboxylic acids is 1. The SMILES string of the molecule is CC(C)N(C)C(=O)CCc1ccc(F)cc1. The van der Waals surface area contributed by atoms with Crippen molar-refractivity contribution in [2.45, 2.75) is 32.7 Å². The van der Waals surface area contributed by atoms with Crippen molar-refractivity contribution in [3.05, 3.63) is 35.6 Å². The summed E-state index contributed by atoms with van der Waals surface area (Å²) in [6.45, 7) is 3.96. The van der Waals surface area contributed by atoms with Crippen molar-refractivity contribution in [3.8, 4) is 0 Å². The molecule has 88 valence electrons. The highest BCUT2D eigenvalue weighted by Crippen LogP contribution is 2.07. The number of hydrogen-bond donors (Lipinski definition) is 0. The second kappa shape index (κ2) is 5.64. The van der Waals surface area contributed by atoms with Crippen molar-refractivity contribution in [2.24, 2.45) is 0 Å². The Labute approximate surface area is 96.1 Å². The molecular weight excluding hydrogens is 205 g/mol. The lowest BCUT2D eigenvalue weighted by Crippen LogP contribution is -2.33. The average molecular weight is 223 g/mol. The molecule has 0 aliphatic carbocycles. The van der Waals surface area contributed by atoms with E-state index in [2.05, 4.69) is 0 Å². The highest BCUT2D eigenvalue weighted by molar-refractivity contribution is 5.76. The van der Waals surface area contributed by atoms with Gasteiger partial charge in [-0.1, -0.05) is 12.1 Å². The highest BCUT2D eigenvalue weighted by atomic mass is 19.1. The summed E-state index contributed by atoms with van der Waals surface area (Å²) in [6.07, 6.45) is 1.14. The predicted molar refractivity (Wildman–Crippen MR) is 62.6 cm³/mol. The quantitative estimate of drug-likeness (QED) is 0.768. The van der Waals surface area contributed by atoms with Gasteiger partial charge in [0, 0.05) is 19.5 Å². The molecule has 0 heterocycles. The number of nitrogens with zero attached hydrogens (tertiary/aromatic N) is 1. The van der Waals surface area contributed by atoms with E-state index in [1.54, 1.807) is 24.1 Å². The summed E-state index contributed by atoms with van der Waals surface area (Å²) in [6, 6.07) is 6.51. The first-order chi connectivity index (χ1) is 7.50. The average Bonchev–Trinajstić information content (AvgIpc) is 2.26. The Balaban J connectivity index is 2.46. The normalized spacial score (nSPS) is 10.6. The number of carbonyl (C=O) groups is 1. The van der Waals surface area contributed by atoms with Crippen LogP contribution in [0.1, 0.15) is 25.8 Å². The number of benzene rings is 1. The molecule has 2 nitrogen and oxygen atoms in total. The summed E-state index contributed by atoms with van der Waals surface area (Å²) in [5, 5.41) is 0. The molecule has 0 atom stereocenters. The number of aryl methyl sites for hydroxylation is 1. The molecule has 0 aromatic heterocycles. The molecule has 0 saturated heterocycles. The minimum absolute atomic E-state index is 0.124. The first-order valence-corrected chi connectivity index (χ1v) is 5.51. The van der Waals surface area contributed by atoms with E-state index in [4.69, 9.17) is 0 Å². The summed E-state index contributed by atoms with van der Waals surface area (Å²) in [7, 11) is 1.80. The second-order valence-corrected chi connectivity index (χ2v) is 4.22. The van der Waals surface area contributed by atoms with Crippen molar-refractivity contribution < 1.29 is 9.18 Å². The molecule has 0 unspecified atom stereocenters. The maximum absolute atomic E-state index is 12.6. The molecule has 1 amide bonds. The van der Waals surface area contributed by atoms with Crippen LogP contribution >= 0.6 is 0 Å². The van der Waals surface area contributed by atoms with Gasteiger partial charge in [0.25, 0.3) is 0 Å². The Morgan fingerprint density at radius 1 is 1.31 bits per heavy atom. The summed E-state index contributed by atoms with van der Waals surface area (Å²) < 4.78 is 12.6. The zero-order chi connectivity index (χ0) is 12.1. The number of halogens is 1. The number of hydrogen-bond acceptors (Lipinski definition) is 1. The van der Waals surface area contributed by atoms with Gasteiger partial charge in [0.05, 0.1) is 0 Å². The Hall–Kier alpha value is -1.38. The molecule has 0 fully saturated rings. The summed E-state index contributed by atoms with van der Waals surface area (Å²) in [5.41, 5.74) is 0.993. The molecule has 0 aliphatic rings. The fourth-order valence-corrected chi connectivity index (χ4v) is 1.37. The largest absolute Gasteiger partial charge is 0.343 e. The molecule has 0 aliphatic heterocycles. The third-order valence-corrected chi connectivity index (χ3v) is 2.71. The van der Waals surface area contributed by atoms with Gasteiger partial charge in [-0.3, -0.25) is 4.79 Å². The van der Waals surface area contributed by atoms with E-state index < -0.39 is 0 Å². The van der Waals surface area contributed by atoms with E-state index in [0.29, 0.717) is 12.8 Å². The van der Waals surface area contributed by atoms with Crippen molar-refractivity contribution in [1.29, 1.82) is 0 Å². The zero-order valence-electron chi connectivity index (χ0n) is 10.0. The molecule has 0 spiro atoms. The molecular formula is C13H18FNO. The van der Waals surface area contributed by atoms with Crippen LogP contribution in [0.15, 0.2) is 24.3 Å². The first kappa shape index (κ1) is 12.7. The van der Waals surface area contributed by atoms with Crippen LogP contribution in [0.2, 0.25) is 0 Å². The molecule has 0 N–H and O–H groups in total. The van der Waals surface area contributed by atoms with Crippen LogP contribution in [0, 0.1) is 5.82 Å². The molecule has 0 saturated carbocycles. The Bertz CT molecular complexity index is 345. The third kappa shape index (κ3) is 3.65. The standard InChI is InChI=1S/C13H18FNO/c1-10(2)15(3)13(16)9-6-11-4-7-12(14)8-5-11/h4-5,7-8,10H,6,9H2,1-3H3. The molecule has 1 rings (SSSR count). The molecule has 0 bridgehead atoms. The van der Waals surface area contributed by atoms with Crippen molar-refractivity contribution >= 4 is 5.91 Å².